The summed E-state index contributed by atoms with van der Waals surface area (Å²) in [5, 5.41) is 11.0. The highest BCUT2D eigenvalue weighted by Crippen LogP contribution is 2.34. The van der Waals surface area contributed by atoms with Gasteiger partial charge in [-0.2, -0.15) is 0 Å². The molecule has 0 aromatic heterocycles. The summed E-state index contributed by atoms with van der Waals surface area (Å²) in [6.45, 7) is 6.72. The molecule has 0 spiro atoms. The van der Waals surface area contributed by atoms with Crippen LogP contribution in [0.15, 0.2) is 24.3 Å². The molecule has 1 aromatic rings. The third kappa shape index (κ3) is 4.85. The summed E-state index contributed by atoms with van der Waals surface area (Å²) in [4.78, 5) is 0. The summed E-state index contributed by atoms with van der Waals surface area (Å²) in [6.07, 6.45) is 9.08. The Morgan fingerprint density at radius 3 is 2.48 bits per heavy atom. The van der Waals surface area contributed by atoms with Crippen molar-refractivity contribution >= 4 is 0 Å². The van der Waals surface area contributed by atoms with Crippen molar-refractivity contribution < 1.29 is 5.11 Å². The predicted octanol–water partition coefficient (Wildman–Crippen LogP) is 5.46. The fourth-order valence-electron chi connectivity index (χ4n) is 3.74. The summed E-state index contributed by atoms with van der Waals surface area (Å²) in [6, 6.07) is 8.86. The Kier molecular flexibility index (Phi) is 5.87. The first-order valence-corrected chi connectivity index (χ1v) is 8.83. The van der Waals surface area contributed by atoms with E-state index in [1.807, 2.05) is 0 Å². The van der Waals surface area contributed by atoms with E-state index in [1.54, 1.807) is 0 Å². The van der Waals surface area contributed by atoms with E-state index in [1.165, 1.54) is 43.2 Å². The molecule has 0 radical (unpaired) electrons. The quantitative estimate of drug-likeness (QED) is 0.713. The molecule has 1 aliphatic rings. The third-order valence-electron chi connectivity index (χ3n) is 5.15. The summed E-state index contributed by atoms with van der Waals surface area (Å²) in [5.41, 5.74) is 2.20. The molecule has 0 heterocycles. The van der Waals surface area contributed by atoms with Gasteiger partial charge < -0.3 is 5.11 Å². The topological polar surface area (TPSA) is 20.2 Å². The van der Waals surface area contributed by atoms with Gasteiger partial charge in [-0.3, -0.25) is 0 Å². The van der Waals surface area contributed by atoms with Crippen molar-refractivity contribution in [2.75, 3.05) is 0 Å². The molecule has 1 N–H and O–H groups in total. The van der Waals surface area contributed by atoms with Crippen LogP contribution in [0.3, 0.4) is 0 Å². The molecule has 0 aliphatic heterocycles. The summed E-state index contributed by atoms with van der Waals surface area (Å²) >= 11 is 0. The lowest BCUT2D eigenvalue weighted by atomic mass is 9.86. The minimum atomic E-state index is -0.470. The van der Waals surface area contributed by atoms with Crippen molar-refractivity contribution in [3.8, 4) is 0 Å². The van der Waals surface area contributed by atoms with E-state index in [0.717, 1.165) is 25.2 Å². The van der Waals surface area contributed by atoms with E-state index in [2.05, 4.69) is 45.0 Å². The SMILES string of the molecule is CCCC1CCCC(O)(Cc2ccc(C(C)C)cc2)CC1. The first kappa shape index (κ1) is 16.5. The number of rotatable bonds is 5. The van der Waals surface area contributed by atoms with Gasteiger partial charge in [0.15, 0.2) is 0 Å². The first-order chi connectivity index (χ1) is 10.0. The van der Waals surface area contributed by atoms with Crippen LogP contribution in [0.25, 0.3) is 0 Å². The van der Waals surface area contributed by atoms with Crippen molar-refractivity contribution in [1.29, 1.82) is 0 Å². The molecule has 0 amide bonds. The van der Waals surface area contributed by atoms with Crippen molar-refractivity contribution in [2.45, 2.75) is 83.7 Å². The van der Waals surface area contributed by atoms with E-state index in [-0.39, 0.29) is 0 Å². The molecule has 2 rings (SSSR count). The van der Waals surface area contributed by atoms with Crippen LogP contribution in [0.2, 0.25) is 0 Å². The molecule has 1 aliphatic carbocycles. The Hall–Kier alpha value is -0.820. The van der Waals surface area contributed by atoms with Crippen LogP contribution in [0.5, 0.6) is 0 Å². The van der Waals surface area contributed by atoms with Crippen molar-refractivity contribution in [1.82, 2.24) is 0 Å². The first-order valence-electron chi connectivity index (χ1n) is 8.83. The van der Waals surface area contributed by atoms with Gasteiger partial charge >= 0.3 is 0 Å². The monoisotopic (exact) mass is 288 g/mol. The van der Waals surface area contributed by atoms with E-state index in [4.69, 9.17) is 0 Å². The van der Waals surface area contributed by atoms with Gasteiger partial charge in [0.25, 0.3) is 0 Å². The molecule has 1 saturated carbocycles. The zero-order chi connectivity index (χ0) is 15.3. The highest BCUT2D eigenvalue weighted by molar-refractivity contribution is 5.25. The van der Waals surface area contributed by atoms with E-state index >= 15 is 0 Å². The van der Waals surface area contributed by atoms with Crippen molar-refractivity contribution in [3.63, 3.8) is 0 Å². The van der Waals surface area contributed by atoms with Crippen LogP contribution in [0.1, 0.15) is 82.8 Å². The molecule has 1 fully saturated rings. The van der Waals surface area contributed by atoms with Crippen LogP contribution < -0.4 is 0 Å². The number of benzene rings is 1. The van der Waals surface area contributed by atoms with Gasteiger partial charge in [-0.05, 0) is 42.2 Å². The number of hydrogen-bond acceptors (Lipinski definition) is 1. The number of hydrogen-bond donors (Lipinski definition) is 1. The summed E-state index contributed by atoms with van der Waals surface area (Å²) in [5.74, 6) is 1.42. The summed E-state index contributed by atoms with van der Waals surface area (Å²) in [7, 11) is 0. The lowest BCUT2D eigenvalue weighted by Crippen LogP contribution is -2.30. The molecule has 0 bridgehead atoms. The molecule has 2 atom stereocenters. The van der Waals surface area contributed by atoms with Gasteiger partial charge in [0, 0.05) is 6.42 Å². The zero-order valence-corrected chi connectivity index (χ0v) is 14.1. The Bertz CT molecular complexity index is 420. The zero-order valence-electron chi connectivity index (χ0n) is 14.1. The van der Waals surface area contributed by atoms with Gasteiger partial charge in [-0.15, -0.1) is 0 Å². The molecular weight excluding hydrogens is 256 g/mol. The average molecular weight is 288 g/mol. The van der Waals surface area contributed by atoms with Crippen LogP contribution in [-0.4, -0.2) is 10.7 Å². The predicted molar refractivity (Wildman–Crippen MR) is 90.7 cm³/mol. The molecule has 1 nitrogen and oxygen atoms in total. The molecule has 21 heavy (non-hydrogen) atoms. The van der Waals surface area contributed by atoms with Gasteiger partial charge in [-0.25, -0.2) is 0 Å². The molecule has 0 saturated heterocycles. The third-order valence-corrected chi connectivity index (χ3v) is 5.15. The molecule has 1 aromatic carbocycles. The minimum Gasteiger partial charge on any atom is -0.390 e. The maximum atomic E-state index is 11.0. The van der Waals surface area contributed by atoms with Crippen molar-refractivity contribution in [2.24, 2.45) is 5.92 Å². The van der Waals surface area contributed by atoms with Gasteiger partial charge in [0.1, 0.15) is 0 Å². The van der Waals surface area contributed by atoms with Gasteiger partial charge in [-0.1, -0.05) is 70.7 Å². The molecule has 2 unspecified atom stereocenters. The average Bonchev–Trinajstić information content (AvgIpc) is 2.62. The van der Waals surface area contributed by atoms with Crippen molar-refractivity contribution in [3.05, 3.63) is 35.4 Å². The smallest absolute Gasteiger partial charge is 0.0688 e. The summed E-state index contributed by atoms with van der Waals surface area (Å²) < 4.78 is 0. The van der Waals surface area contributed by atoms with Crippen LogP contribution >= 0.6 is 0 Å². The standard InChI is InChI=1S/C20H32O/c1-4-6-17-7-5-13-20(21,14-12-17)15-18-8-10-19(11-9-18)16(2)3/h8-11,16-17,21H,4-7,12-15H2,1-3H3. The minimum absolute atomic E-state index is 0.470. The van der Waals surface area contributed by atoms with Gasteiger partial charge in [0.05, 0.1) is 5.60 Å². The van der Waals surface area contributed by atoms with E-state index < -0.39 is 5.60 Å². The largest absolute Gasteiger partial charge is 0.390 e. The Morgan fingerprint density at radius 1 is 1.14 bits per heavy atom. The lowest BCUT2D eigenvalue weighted by molar-refractivity contribution is 0.0241. The fourth-order valence-corrected chi connectivity index (χ4v) is 3.74. The second-order valence-corrected chi connectivity index (χ2v) is 7.38. The maximum Gasteiger partial charge on any atom is 0.0688 e. The molecule has 1 heteroatoms. The fraction of sp³-hybridized carbons (Fsp3) is 0.700. The second kappa shape index (κ2) is 7.45. The lowest BCUT2D eigenvalue weighted by Gasteiger charge is -2.27. The highest BCUT2D eigenvalue weighted by Gasteiger charge is 2.30. The van der Waals surface area contributed by atoms with Crippen LogP contribution in [0, 0.1) is 5.92 Å². The normalized spacial score (nSPS) is 26.8. The Morgan fingerprint density at radius 2 is 1.86 bits per heavy atom. The van der Waals surface area contributed by atoms with Crippen LogP contribution in [0.4, 0.5) is 0 Å². The highest BCUT2D eigenvalue weighted by atomic mass is 16.3. The number of aliphatic hydroxyl groups is 1. The van der Waals surface area contributed by atoms with Gasteiger partial charge in [0.2, 0.25) is 0 Å². The Labute approximate surface area is 130 Å². The second-order valence-electron chi connectivity index (χ2n) is 7.38. The Balaban J connectivity index is 1.97. The van der Waals surface area contributed by atoms with E-state index in [0.29, 0.717) is 5.92 Å². The van der Waals surface area contributed by atoms with Crippen LogP contribution in [-0.2, 0) is 6.42 Å². The molecule has 118 valence electrons. The maximum absolute atomic E-state index is 11.0. The molecular formula is C20H32O. The van der Waals surface area contributed by atoms with E-state index in [9.17, 15) is 5.11 Å².